The summed E-state index contributed by atoms with van der Waals surface area (Å²) in [5.41, 5.74) is 0. The second kappa shape index (κ2) is 4.45. The smallest absolute Gasteiger partial charge is 0.0861 e. The highest BCUT2D eigenvalue weighted by Crippen LogP contribution is 2.30. The summed E-state index contributed by atoms with van der Waals surface area (Å²) in [4.78, 5) is 0. The maximum Gasteiger partial charge on any atom is 0.0861 e. The van der Waals surface area contributed by atoms with Gasteiger partial charge in [-0.15, -0.1) is 0 Å². The molecule has 2 atom stereocenters. The maximum absolute atomic E-state index is 2.44. The van der Waals surface area contributed by atoms with Crippen LogP contribution in [0, 0.1) is 5.92 Å². The molecule has 0 aromatic carbocycles. The molecule has 78 valence electrons. The molecule has 0 saturated carbocycles. The summed E-state index contributed by atoms with van der Waals surface area (Å²) in [5, 5.41) is 0. The molecule has 0 aromatic heterocycles. The third kappa shape index (κ3) is 2.07. The normalized spacial score (nSPS) is 33.2. The molecule has 0 radical (unpaired) electrons. The summed E-state index contributed by atoms with van der Waals surface area (Å²) in [6.45, 7) is 13.6. The van der Waals surface area contributed by atoms with Crippen molar-refractivity contribution in [1.82, 2.24) is 0 Å². The molecule has 2 unspecified atom stereocenters. The minimum Gasteiger partial charge on any atom is -0.322 e. The molecule has 1 aliphatic rings. The van der Waals surface area contributed by atoms with Crippen LogP contribution < -0.4 is 0 Å². The minimum absolute atomic E-state index is 0.901. The van der Waals surface area contributed by atoms with Crippen molar-refractivity contribution in [3.8, 4) is 0 Å². The molecular formula is C12H26N+. The zero-order valence-electron chi connectivity index (χ0n) is 9.84. The molecule has 1 saturated heterocycles. The molecule has 1 heterocycles. The van der Waals surface area contributed by atoms with E-state index in [1.807, 2.05) is 0 Å². The molecule has 1 rings (SSSR count). The van der Waals surface area contributed by atoms with Gasteiger partial charge >= 0.3 is 0 Å². The van der Waals surface area contributed by atoms with Gasteiger partial charge in [0.1, 0.15) is 0 Å². The summed E-state index contributed by atoms with van der Waals surface area (Å²) in [5.74, 6) is 0.996. The number of piperidine rings is 1. The third-order valence-corrected chi connectivity index (χ3v) is 4.39. The van der Waals surface area contributed by atoms with Crippen molar-refractivity contribution < 1.29 is 4.48 Å². The Morgan fingerprint density at radius 3 is 2.15 bits per heavy atom. The average molecular weight is 184 g/mol. The molecule has 13 heavy (non-hydrogen) atoms. The van der Waals surface area contributed by atoms with Crippen molar-refractivity contribution in [3.63, 3.8) is 0 Å². The Labute approximate surface area is 83.7 Å². The number of rotatable bonds is 3. The maximum atomic E-state index is 2.44. The SMILES string of the molecule is CCC1CCC(C)[N+](CC)(CC)C1. The van der Waals surface area contributed by atoms with Crippen LogP contribution >= 0.6 is 0 Å². The highest BCUT2D eigenvalue weighted by Gasteiger charge is 2.37. The first-order chi connectivity index (χ1) is 6.18. The lowest BCUT2D eigenvalue weighted by molar-refractivity contribution is -0.954. The zero-order chi connectivity index (χ0) is 9.90. The lowest BCUT2D eigenvalue weighted by Gasteiger charge is -2.48. The van der Waals surface area contributed by atoms with E-state index in [0.717, 1.165) is 12.0 Å². The van der Waals surface area contributed by atoms with Gasteiger partial charge in [-0.25, -0.2) is 0 Å². The van der Waals surface area contributed by atoms with Crippen LogP contribution in [0.1, 0.15) is 47.0 Å². The number of likely N-dealkylation sites (tertiary alicyclic amines) is 1. The topological polar surface area (TPSA) is 0 Å². The Balaban J connectivity index is 2.67. The van der Waals surface area contributed by atoms with E-state index in [0.29, 0.717) is 0 Å². The molecule has 0 bridgehead atoms. The molecule has 0 aliphatic carbocycles. The van der Waals surface area contributed by atoms with Gasteiger partial charge in [-0.1, -0.05) is 6.92 Å². The van der Waals surface area contributed by atoms with E-state index in [1.165, 1.54) is 43.4 Å². The fourth-order valence-corrected chi connectivity index (χ4v) is 2.97. The van der Waals surface area contributed by atoms with E-state index in [1.54, 1.807) is 0 Å². The van der Waals surface area contributed by atoms with Crippen molar-refractivity contribution in [3.05, 3.63) is 0 Å². The van der Waals surface area contributed by atoms with Gasteiger partial charge in [-0.05, 0) is 40.0 Å². The Kier molecular flexibility index (Phi) is 3.78. The minimum atomic E-state index is 0.901. The van der Waals surface area contributed by atoms with Gasteiger partial charge < -0.3 is 4.48 Å². The van der Waals surface area contributed by atoms with Crippen molar-refractivity contribution in [2.45, 2.75) is 53.0 Å². The Hall–Kier alpha value is -0.0400. The number of hydrogen-bond donors (Lipinski definition) is 0. The predicted octanol–water partition coefficient (Wildman–Crippen LogP) is 3.05. The summed E-state index contributed by atoms with van der Waals surface area (Å²) >= 11 is 0. The molecule has 0 spiro atoms. The van der Waals surface area contributed by atoms with E-state index < -0.39 is 0 Å². The molecule has 1 aliphatic heterocycles. The highest BCUT2D eigenvalue weighted by atomic mass is 15.4. The molecule has 0 N–H and O–H groups in total. The molecular weight excluding hydrogens is 158 g/mol. The van der Waals surface area contributed by atoms with Crippen LogP contribution in [-0.4, -0.2) is 30.2 Å². The molecule has 1 nitrogen and oxygen atoms in total. The Morgan fingerprint density at radius 1 is 1.08 bits per heavy atom. The molecule has 1 heteroatoms. The van der Waals surface area contributed by atoms with E-state index >= 15 is 0 Å². The fraction of sp³-hybridized carbons (Fsp3) is 1.00. The Morgan fingerprint density at radius 2 is 1.69 bits per heavy atom. The fourth-order valence-electron chi connectivity index (χ4n) is 2.97. The second-order valence-corrected chi connectivity index (χ2v) is 4.73. The summed E-state index contributed by atoms with van der Waals surface area (Å²) < 4.78 is 1.37. The van der Waals surface area contributed by atoms with Crippen LogP contribution in [0.3, 0.4) is 0 Å². The van der Waals surface area contributed by atoms with Crippen molar-refractivity contribution in [2.75, 3.05) is 19.6 Å². The standard InChI is InChI=1S/C12H26N/c1-5-12-9-8-11(4)13(6-2,7-3)10-12/h11-12H,5-10H2,1-4H3/q+1. The van der Waals surface area contributed by atoms with Crippen LogP contribution in [0.15, 0.2) is 0 Å². The first-order valence-corrected chi connectivity index (χ1v) is 6.04. The van der Waals surface area contributed by atoms with E-state index in [2.05, 4.69) is 27.7 Å². The highest BCUT2D eigenvalue weighted by molar-refractivity contribution is 4.68. The number of quaternary nitrogens is 1. The van der Waals surface area contributed by atoms with E-state index in [-0.39, 0.29) is 0 Å². The zero-order valence-corrected chi connectivity index (χ0v) is 9.84. The van der Waals surface area contributed by atoms with Gasteiger partial charge in [0.2, 0.25) is 0 Å². The van der Waals surface area contributed by atoms with Gasteiger partial charge in [0, 0.05) is 5.92 Å². The molecule has 1 fully saturated rings. The van der Waals surface area contributed by atoms with E-state index in [4.69, 9.17) is 0 Å². The van der Waals surface area contributed by atoms with Crippen molar-refractivity contribution in [1.29, 1.82) is 0 Å². The van der Waals surface area contributed by atoms with Crippen LogP contribution in [-0.2, 0) is 0 Å². The van der Waals surface area contributed by atoms with Gasteiger partial charge in [-0.2, -0.15) is 0 Å². The number of nitrogens with zero attached hydrogens (tertiary/aromatic N) is 1. The van der Waals surface area contributed by atoms with Crippen LogP contribution in [0.25, 0.3) is 0 Å². The largest absolute Gasteiger partial charge is 0.322 e. The predicted molar refractivity (Wildman–Crippen MR) is 58.7 cm³/mol. The van der Waals surface area contributed by atoms with Crippen LogP contribution in [0.5, 0.6) is 0 Å². The van der Waals surface area contributed by atoms with Crippen molar-refractivity contribution >= 4 is 0 Å². The lowest BCUT2D eigenvalue weighted by Crippen LogP contribution is -2.58. The quantitative estimate of drug-likeness (QED) is 0.591. The summed E-state index contributed by atoms with van der Waals surface area (Å²) in [6.07, 6.45) is 4.30. The summed E-state index contributed by atoms with van der Waals surface area (Å²) in [6, 6.07) is 0.901. The van der Waals surface area contributed by atoms with Gasteiger partial charge in [0.05, 0.1) is 25.7 Å². The molecule has 0 aromatic rings. The van der Waals surface area contributed by atoms with Crippen LogP contribution in [0.4, 0.5) is 0 Å². The van der Waals surface area contributed by atoms with Gasteiger partial charge in [-0.3, -0.25) is 0 Å². The van der Waals surface area contributed by atoms with Gasteiger partial charge in [0.15, 0.2) is 0 Å². The second-order valence-electron chi connectivity index (χ2n) is 4.73. The third-order valence-electron chi connectivity index (χ3n) is 4.39. The first-order valence-electron chi connectivity index (χ1n) is 6.04. The van der Waals surface area contributed by atoms with Crippen LogP contribution in [0.2, 0.25) is 0 Å². The van der Waals surface area contributed by atoms with Gasteiger partial charge in [0.25, 0.3) is 0 Å². The monoisotopic (exact) mass is 184 g/mol. The lowest BCUT2D eigenvalue weighted by atomic mass is 9.89. The number of hydrogen-bond acceptors (Lipinski definition) is 0. The molecule has 0 amide bonds. The summed E-state index contributed by atoms with van der Waals surface area (Å²) in [7, 11) is 0. The van der Waals surface area contributed by atoms with E-state index in [9.17, 15) is 0 Å². The van der Waals surface area contributed by atoms with Crippen molar-refractivity contribution in [2.24, 2.45) is 5.92 Å². The average Bonchev–Trinajstić information content (AvgIpc) is 2.19. The first kappa shape index (κ1) is 11.0. The Bertz CT molecular complexity index is 149.